The number of fused-ring (bicyclic) bond motifs is 2. The normalized spacial score (nSPS) is 13.2. The number of hydrogen-bond donors (Lipinski definition) is 1. The van der Waals surface area contributed by atoms with Crippen LogP contribution in [0.1, 0.15) is 36.8 Å². The zero-order valence-electron chi connectivity index (χ0n) is 15.0. The molecule has 1 N–H and O–H groups in total. The highest BCUT2D eigenvalue weighted by Crippen LogP contribution is 2.26. The quantitative estimate of drug-likeness (QED) is 0.544. The number of imidazole rings is 1. The van der Waals surface area contributed by atoms with Gasteiger partial charge in [0.1, 0.15) is 12.1 Å². The van der Waals surface area contributed by atoms with Crippen LogP contribution in [0.3, 0.4) is 0 Å². The van der Waals surface area contributed by atoms with Gasteiger partial charge in [-0.05, 0) is 42.5 Å². The summed E-state index contributed by atoms with van der Waals surface area (Å²) in [6, 6.07) is 15.2. The smallest absolute Gasteiger partial charge is 0.270 e. The second kappa shape index (κ2) is 6.45. The zero-order chi connectivity index (χ0) is 20.0. The summed E-state index contributed by atoms with van der Waals surface area (Å²) in [4.78, 5) is 43.3. The summed E-state index contributed by atoms with van der Waals surface area (Å²) in [7, 11) is 0. The van der Waals surface area contributed by atoms with Gasteiger partial charge in [0.25, 0.3) is 17.7 Å². The van der Waals surface area contributed by atoms with Crippen molar-refractivity contribution in [3.05, 3.63) is 89.6 Å². The summed E-state index contributed by atoms with van der Waals surface area (Å²) < 4.78 is 6.74. The fourth-order valence-corrected chi connectivity index (χ4v) is 3.36. The van der Waals surface area contributed by atoms with Crippen LogP contribution in [0.25, 0.3) is 11.0 Å². The molecule has 29 heavy (non-hydrogen) atoms. The van der Waals surface area contributed by atoms with Crippen molar-refractivity contribution in [2.45, 2.75) is 6.54 Å². The molecule has 0 saturated heterocycles. The van der Waals surface area contributed by atoms with Crippen molar-refractivity contribution in [2.75, 3.05) is 5.43 Å². The van der Waals surface area contributed by atoms with Gasteiger partial charge in [0.05, 0.1) is 35.0 Å². The van der Waals surface area contributed by atoms with E-state index in [0.29, 0.717) is 5.76 Å². The molecule has 0 unspecified atom stereocenters. The van der Waals surface area contributed by atoms with Gasteiger partial charge >= 0.3 is 0 Å². The molecule has 0 aliphatic carbocycles. The van der Waals surface area contributed by atoms with Gasteiger partial charge in [-0.3, -0.25) is 24.7 Å². The van der Waals surface area contributed by atoms with Crippen molar-refractivity contribution in [3.8, 4) is 0 Å². The number of nitrogens with zero attached hydrogens (tertiary/aromatic N) is 3. The summed E-state index contributed by atoms with van der Waals surface area (Å²) in [5.41, 5.74) is 4.97. The maximum Gasteiger partial charge on any atom is 0.270 e. The van der Waals surface area contributed by atoms with Crippen molar-refractivity contribution >= 4 is 28.8 Å². The minimum atomic E-state index is -0.455. The fraction of sp³-hybridized carbons (Fsp3) is 0.0476. The number of hydrogen-bond acceptors (Lipinski definition) is 5. The third-order valence-electron chi connectivity index (χ3n) is 4.80. The lowest BCUT2D eigenvalue weighted by Crippen LogP contribution is -2.28. The van der Waals surface area contributed by atoms with Gasteiger partial charge in [-0.25, -0.2) is 9.66 Å². The van der Waals surface area contributed by atoms with E-state index in [2.05, 4.69) is 10.4 Å². The van der Waals surface area contributed by atoms with Crippen molar-refractivity contribution in [2.24, 2.45) is 0 Å². The van der Waals surface area contributed by atoms with Gasteiger partial charge in [-0.1, -0.05) is 12.1 Å². The van der Waals surface area contributed by atoms with E-state index in [-0.39, 0.29) is 23.2 Å². The Kier molecular flexibility index (Phi) is 3.77. The molecule has 0 atom stereocenters. The fourth-order valence-electron chi connectivity index (χ4n) is 3.36. The van der Waals surface area contributed by atoms with Crippen molar-refractivity contribution in [3.63, 3.8) is 0 Å². The molecular weight excluding hydrogens is 372 g/mol. The molecule has 0 spiro atoms. The first-order valence-corrected chi connectivity index (χ1v) is 8.88. The summed E-state index contributed by atoms with van der Waals surface area (Å²) in [6.07, 6.45) is 2.99. The third-order valence-corrected chi connectivity index (χ3v) is 4.80. The first-order valence-electron chi connectivity index (χ1n) is 8.88. The van der Waals surface area contributed by atoms with E-state index >= 15 is 0 Å². The number of imide groups is 1. The molecule has 142 valence electrons. The van der Waals surface area contributed by atoms with Gasteiger partial charge in [0, 0.05) is 5.56 Å². The molecule has 3 heterocycles. The number of rotatable bonds is 4. The Balaban J connectivity index is 1.41. The lowest BCUT2D eigenvalue weighted by molar-refractivity contribution is 0.0631. The van der Waals surface area contributed by atoms with Gasteiger partial charge in [0.15, 0.2) is 0 Å². The summed E-state index contributed by atoms with van der Waals surface area (Å²) >= 11 is 0. The van der Waals surface area contributed by atoms with E-state index < -0.39 is 17.7 Å². The van der Waals surface area contributed by atoms with E-state index in [1.54, 1.807) is 12.1 Å². The topological polar surface area (TPSA) is 97.4 Å². The highest BCUT2D eigenvalue weighted by atomic mass is 16.3. The van der Waals surface area contributed by atoms with Crippen molar-refractivity contribution in [1.29, 1.82) is 0 Å². The molecule has 5 rings (SSSR count). The minimum Gasteiger partial charge on any atom is -0.467 e. The highest BCUT2D eigenvalue weighted by molar-refractivity contribution is 6.22. The first kappa shape index (κ1) is 16.9. The Bertz CT molecular complexity index is 1270. The molecule has 1 aliphatic rings. The van der Waals surface area contributed by atoms with Crippen LogP contribution >= 0.6 is 0 Å². The summed E-state index contributed by atoms with van der Waals surface area (Å²) in [6.45, 7) is 0.0436. The zero-order valence-corrected chi connectivity index (χ0v) is 15.0. The molecule has 0 radical (unpaired) electrons. The van der Waals surface area contributed by atoms with Crippen LogP contribution < -0.4 is 5.43 Å². The molecule has 2 aromatic carbocycles. The van der Waals surface area contributed by atoms with Crippen LogP contribution in [0, 0.1) is 0 Å². The molecule has 8 heteroatoms. The number of carbonyl (C=O) groups is 3. The Labute approximate surface area is 164 Å². The second-order valence-electron chi connectivity index (χ2n) is 6.58. The van der Waals surface area contributed by atoms with E-state index in [1.165, 1.54) is 35.5 Å². The lowest BCUT2D eigenvalue weighted by Gasteiger charge is -2.11. The molecule has 0 saturated carbocycles. The van der Waals surface area contributed by atoms with Crippen LogP contribution in [-0.2, 0) is 6.54 Å². The predicted molar refractivity (Wildman–Crippen MR) is 103 cm³/mol. The second-order valence-corrected chi connectivity index (χ2v) is 6.58. The Morgan fingerprint density at radius 2 is 1.83 bits per heavy atom. The standard InChI is InChI=1S/C21H14N4O4/c26-19(23-25-12-22-17-5-1-2-6-18(17)25)13-7-8-15-16(10-13)21(28)24(20(15)27)11-14-4-3-9-29-14/h1-10,12H,11H2,(H,23,26). The number of aromatic nitrogens is 2. The van der Waals surface area contributed by atoms with E-state index in [4.69, 9.17) is 4.42 Å². The minimum absolute atomic E-state index is 0.0436. The molecule has 3 amide bonds. The largest absolute Gasteiger partial charge is 0.467 e. The van der Waals surface area contributed by atoms with Gasteiger partial charge < -0.3 is 4.42 Å². The third kappa shape index (κ3) is 2.78. The van der Waals surface area contributed by atoms with E-state index in [9.17, 15) is 14.4 Å². The first-order chi connectivity index (χ1) is 14.1. The number of amides is 3. The summed E-state index contributed by atoms with van der Waals surface area (Å²) in [5, 5.41) is 0. The van der Waals surface area contributed by atoms with Crippen LogP contribution in [0.15, 0.2) is 71.6 Å². The lowest BCUT2D eigenvalue weighted by atomic mass is 10.1. The van der Waals surface area contributed by atoms with Crippen molar-refractivity contribution in [1.82, 2.24) is 14.6 Å². The Hall–Kier alpha value is -4.20. The number of carbonyl (C=O) groups excluding carboxylic acids is 3. The van der Waals surface area contributed by atoms with Crippen LogP contribution in [0.2, 0.25) is 0 Å². The number of nitrogens with one attached hydrogen (secondary N) is 1. The highest BCUT2D eigenvalue weighted by Gasteiger charge is 2.36. The monoisotopic (exact) mass is 386 g/mol. The number of benzene rings is 2. The predicted octanol–water partition coefficient (Wildman–Crippen LogP) is 2.81. The molecule has 0 fully saturated rings. The SMILES string of the molecule is O=C(Nn1cnc2ccccc21)c1ccc2c(c1)C(=O)N(Cc1ccco1)C2=O. The van der Waals surface area contributed by atoms with Crippen LogP contribution in [-0.4, -0.2) is 32.3 Å². The molecule has 8 nitrogen and oxygen atoms in total. The Morgan fingerprint density at radius 3 is 2.66 bits per heavy atom. The van der Waals surface area contributed by atoms with Gasteiger partial charge in [-0.2, -0.15) is 0 Å². The van der Waals surface area contributed by atoms with Crippen molar-refractivity contribution < 1.29 is 18.8 Å². The van der Waals surface area contributed by atoms with E-state index in [1.807, 2.05) is 24.3 Å². The number of para-hydroxylation sites is 2. The van der Waals surface area contributed by atoms with Crippen LogP contribution in [0.4, 0.5) is 0 Å². The number of furan rings is 1. The van der Waals surface area contributed by atoms with Gasteiger partial charge in [0.2, 0.25) is 0 Å². The van der Waals surface area contributed by atoms with Gasteiger partial charge in [-0.15, -0.1) is 0 Å². The molecular formula is C21H14N4O4. The Morgan fingerprint density at radius 1 is 1.00 bits per heavy atom. The average Bonchev–Trinajstić information content (AvgIpc) is 3.45. The van der Waals surface area contributed by atoms with Crippen LogP contribution in [0.5, 0.6) is 0 Å². The molecule has 4 aromatic rings. The maximum absolute atomic E-state index is 12.7. The molecule has 2 aromatic heterocycles. The molecule has 0 bridgehead atoms. The average molecular weight is 386 g/mol. The maximum atomic E-state index is 12.7. The summed E-state index contributed by atoms with van der Waals surface area (Å²) in [5.74, 6) is -0.775. The molecule has 1 aliphatic heterocycles. The van der Waals surface area contributed by atoms with E-state index in [0.717, 1.165) is 15.9 Å².